The minimum atomic E-state index is -0.404. The number of hydrogen-bond acceptors (Lipinski definition) is 2. The Bertz CT molecular complexity index is 3490. The first-order valence-corrected chi connectivity index (χ1v) is 20.2. The summed E-state index contributed by atoms with van der Waals surface area (Å²) in [4.78, 5) is 2.36. The molecule has 11 aromatic rings. The molecule has 2 heteroatoms. The molecule has 270 valence electrons. The number of para-hydroxylation sites is 2. The highest BCUT2D eigenvalue weighted by Gasteiger charge is 2.51. The van der Waals surface area contributed by atoms with Gasteiger partial charge in [0, 0.05) is 22.1 Å². The van der Waals surface area contributed by atoms with Gasteiger partial charge in [0.2, 0.25) is 0 Å². The third kappa shape index (κ3) is 4.06. The number of aryl methyl sites for hydroxylation is 1. The van der Waals surface area contributed by atoms with Crippen LogP contribution < -0.4 is 4.90 Å². The van der Waals surface area contributed by atoms with Gasteiger partial charge in [-0.25, -0.2) is 0 Å². The summed E-state index contributed by atoms with van der Waals surface area (Å²) in [6.45, 7) is 2.14. The van der Waals surface area contributed by atoms with Crippen LogP contribution in [0.1, 0.15) is 27.8 Å². The van der Waals surface area contributed by atoms with Crippen molar-refractivity contribution < 1.29 is 4.42 Å². The fourth-order valence-electron chi connectivity index (χ4n) is 10.7. The standard InChI is InChI=1S/C56H35NO/c1-34-25-27-35(28-26-34)57(53-23-12-19-44-43-18-7-11-24-54(43)58-55(44)53)36-29-30-39-45(31-36)37-13-2-3-14-38(37)46-32-48-42-17-6-10-22-51(42)56(52(48)33-47(39)46)49-20-8-4-15-40(49)41-16-5-9-21-50(41)56/h2-33H,1H3. The summed E-state index contributed by atoms with van der Waals surface area (Å²) in [6.07, 6.45) is 0. The molecule has 0 saturated heterocycles. The molecule has 2 aliphatic carbocycles. The fourth-order valence-corrected chi connectivity index (χ4v) is 10.7. The number of fused-ring (bicyclic) bond motifs is 19. The van der Waals surface area contributed by atoms with Gasteiger partial charge in [-0.05, 0) is 132 Å². The lowest BCUT2D eigenvalue weighted by atomic mass is 9.70. The van der Waals surface area contributed by atoms with Gasteiger partial charge in [0.15, 0.2) is 5.58 Å². The molecule has 58 heavy (non-hydrogen) atoms. The lowest BCUT2D eigenvalue weighted by molar-refractivity contribution is 0.669. The summed E-state index contributed by atoms with van der Waals surface area (Å²) < 4.78 is 6.67. The molecule has 13 rings (SSSR count). The molecule has 0 unspecified atom stereocenters. The smallest absolute Gasteiger partial charge is 0.159 e. The van der Waals surface area contributed by atoms with Gasteiger partial charge in [-0.1, -0.05) is 151 Å². The van der Waals surface area contributed by atoms with Gasteiger partial charge in [-0.3, -0.25) is 0 Å². The number of benzene rings is 10. The Morgan fingerprint density at radius 3 is 1.57 bits per heavy atom. The molecule has 2 nitrogen and oxygen atoms in total. The van der Waals surface area contributed by atoms with Crippen molar-refractivity contribution in [2.24, 2.45) is 0 Å². The molecule has 10 aromatic carbocycles. The van der Waals surface area contributed by atoms with E-state index in [2.05, 4.69) is 200 Å². The highest BCUT2D eigenvalue weighted by atomic mass is 16.3. The number of anilines is 3. The van der Waals surface area contributed by atoms with E-state index in [1.165, 1.54) is 82.4 Å². The molecule has 1 spiro atoms. The maximum Gasteiger partial charge on any atom is 0.159 e. The highest BCUT2D eigenvalue weighted by Crippen LogP contribution is 2.63. The van der Waals surface area contributed by atoms with Gasteiger partial charge in [0.05, 0.1) is 11.1 Å². The second kappa shape index (κ2) is 11.6. The van der Waals surface area contributed by atoms with Crippen LogP contribution in [0.4, 0.5) is 17.1 Å². The van der Waals surface area contributed by atoms with Gasteiger partial charge in [-0.15, -0.1) is 0 Å². The van der Waals surface area contributed by atoms with Crippen LogP contribution in [0.2, 0.25) is 0 Å². The molecule has 0 bridgehead atoms. The van der Waals surface area contributed by atoms with E-state index in [-0.39, 0.29) is 0 Å². The second-order valence-electron chi connectivity index (χ2n) is 16.0. The normalized spacial score (nSPS) is 13.4. The predicted octanol–water partition coefficient (Wildman–Crippen LogP) is 15.2. The zero-order valence-corrected chi connectivity index (χ0v) is 31.8. The first-order chi connectivity index (χ1) is 28.7. The molecule has 0 amide bonds. The Labute approximate surface area is 335 Å². The first kappa shape index (κ1) is 31.7. The Hall–Kier alpha value is -7.42. The fraction of sp³-hybridized carbons (Fsp3) is 0.0357. The quantitative estimate of drug-likeness (QED) is 0.168. The van der Waals surface area contributed by atoms with Crippen molar-refractivity contribution in [2.45, 2.75) is 12.3 Å². The van der Waals surface area contributed by atoms with Crippen molar-refractivity contribution in [2.75, 3.05) is 4.90 Å². The Morgan fingerprint density at radius 2 is 0.879 bits per heavy atom. The van der Waals surface area contributed by atoms with Crippen molar-refractivity contribution in [3.8, 4) is 22.3 Å². The van der Waals surface area contributed by atoms with E-state index in [0.717, 1.165) is 39.0 Å². The van der Waals surface area contributed by atoms with Gasteiger partial charge in [-0.2, -0.15) is 0 Å². The molecular weight excluding hydrogens is 703 g/mol. The maximum absolute atomic E-state index is 6.67. The molecular formula is C56H35NO. The Kier molecular flexibility index (Phi) is 6.33. The van der Waals surface area contributed by atoms with Crippen LogP contribution in [0, 0.1) is 6.92 Å². The summed E-state index contributed by atoms with van der Waals surface area (Å²) >= 11 is 0. The van der Waals surface area contributed by atoms with E-state index in [0.29, 0.717) is 0 Å². The van der Waals surface area contributed by atoms with E-state index in [4.69, 9.17) is 4.42 Å². The molecule has 2 aliphatic rings. The molecule has 0 saturated carbocycles. The van der Waals surface area contributed by atoms with Crippen LogP contribution in [0.5, 0.6) is 0 Å². The summed E-state index contributed by atoms with van der Waals surface area (Å²) in [7, 11) is 0. The maximum atomic E-state index is 6.67. The predicted molar refractivity (Wildman–Crippen MR) is 242 cm³/mol. The first-order valence-electron chi connectivity index (χ1n) is 20.2. The summed E-state index contributed by atoms with van der Waals surface area (Å²) in [5.74, 6) is 0. The van der Waals surface area contributed by atoms with Gasteiger partial charge in [0.1, 0.15) is 5.58 Å². The molecule has 0 radical (unpaired) electrons. The third-order valence-electron chi connectivity index (χ3n) is 13.1. The SMILES string of the molecule is Cc1ccc(N(c2ccc3c(c2)c2ccccc2c2cc4c(cc32)C2(c3ccccc3-c3ccccc32)c2ccccc2-4)c2cccc3c2oc2ccccc23)cc1. The van der Waals surface area contributed by atoms with Crippen LogP contribution in [0.15, 0.2) is 199 Å². The lowest BCUT2D eigenvalue weighted by Gasteiger charge is -2.30. The van der Waals surface area contributed by atoms with Crippen LogP contribution in [-0.2, 0) is 5.41 Å². The van der Waals surface area contributed by atoms with E-state index in [9.17, 15) is 0 Å². The van der Waals surface area contributed by atoms with E-state index in [1.807, 2.05) is 6.07 Å². The average Bonchev–Trinajstić information content (AvgIpc) is 3.91. The van der Waals surface area contributed by atoms with Crippen LogP contribution in [0.3, 0.4) is 0 Å². The van der Waals surface area contributed by atoms with Crippen molar-refractivity contribution >= 4 is 71.3 Å². The van der Waals surface area contributed by atoms with Crippen LogP contribution in [0.25, 0.3) is 76.5 Å². The molecule has 1 aromatic heterocycles. The van der Waals surface area contributed by atoms with Gasteiger partial charge in [0.25, 0.3) is 0 Å². The monoisotopic (exact) mass is 737 g/mol. The van der Waals surface area contributed by atoms with Gasteiger partial charge >= 0.3 is 0 Å². The zero-order chi connectivity index (χ0) is 38.1. The number of rotatable bonds is 3. The largest absolute Gasteiger partial charge is 0.454 e. The van der Waals surface area contributed by atoms with Crippen molar-refractivity contribution in [3.63, 3.8) is 0 Å². The van der Waals surface area contributed by atoms with Crippen molar-refractivity contribution in [1.82, 2.24) is 0 Å². The van der Waals surface area contributed by atoms with Crippen molar-refractivity contribution in [1.29, 1.82) is 0 Å². The molecule has 0 aliphatic heterocycles. The average molecular weight is 738 g/mol. The summed E-state index contributed by atoms with van der Waals surface area (Å²) in [5.41, 5.74) is 16.5. The lowest BCUT2D eigenvalue weighted by Crippen LogP contribution is -2.25. The molecule has 0 N–H and O–H groups in total. The van der Waals surface area contributed by atoms with Crippen molar-refractivity contribution in [3.05, 3.63) is 222 Å². The Morgan fingerprint density at radius 1 is 0.362 bits per heavy atom. The van der Waals surface area contributed by atoms with Crippen LogP contribution >= 0.6 is 0 Å². The molecule has 1 heterocycles. The van der Waals surface area contributed by atoms with Crippen LogP contribution in [-0.4, -0.2) is 0 Å². The van der Waals surface area contributed by atoms with Gasteiger partial charge < -0.3 is 9.32 Å². The Balaban J connectivity index is 1.11. The molecule has 0 fully saturated rings. The minimum Gasteiger partial charge on any atom is -0.454 e. The summed E-state index contributed by atoms with van der Waals surface area (Å²) in [6, 6.07) is 72.0. The molecule has 0 atom stereocenters. The second-order valence-corrected chi connectivity index (χ2v) is 16.0. The number of hydrogen-bond donors (Lipinski definition) is 0. The minimum absolute atomic E-state index is 0.404. The number of furan rings is 1. The van der Waals surface area contributed by atoms with E-state index < -0.39 is 5.41 Å². The highest BCUT2D eigenvalue weighted by molar-refractivity contribution is 6.27. The topological polar surface area (TPSA) is 16.4 Å². The zero-order valence-electron chi connectivity index (χ0n) is 31.8. The van der Waals surface area contributed by atoms with E-state index in [1.54, 1.807) is 0 Å². The third-order valence-corrected chi connectivity index (χ3v) is 13.1. The number of nitrogens with zero attached hydrogens (tertiary/aromatic N) is 1. The van der Waals surface area contributed by atoms with E-state index >= 15 is 0 Å². The summed E-state index contributed by atoms with van der Waals surface area (Å²) in [5, 5.41) is 9.77.